The van der Waals surface area contributed by atoms with Crippen LogP contribution in [-0.2, 0) is 17.8 Å². The van der Waals surface area contributed by atoms with E-state index in [0.717, 1.165) is 32.7 Å². The van der Waals surface area contributed by atoms with Gasteiger partial charge in [0.2, 0.25) is 0 Å². The zero-order valence-corrected chi connectivity index (χ0v) is 9.28. The van der Waals surface area contributed by atoms with Crippen molar-refractivity contribution in [3.05, 3.63) is 31.1 Å². The summed E-state index contributed by atoms with van der Waals surface area (Å²) >= 11 is 0. The molecule has 15 heavy (non-hydrogen) atoms. The molecule has 0 unspecified atom stereocenters. The Kier molecular flexibility index (Phi) is 5.55. The van der Waals surface area contributed by atoms with E-state index in [2.05, 4.69) is 28.4 Å². The van der Waals surface area contributed by atoms with Gasteiger partial charge in [-0.1, -0.05) is 6.58 Å². The van der Waals surface area contributed by atoms with Crippen LogP contribution in [0.25, 0.3) is 0 Å². The van der Waals surface area contributed by atoms with Crippen molar-refractivity contribution >= 4 is 0 Å². The Morgan fingerprint density at radius 3 is 3.27 bits per heavy atom. The molecule has 4 nitrogen and oxygen atoms in total. The molecule has 0 aromatic carbocycles. The van der Waals surface area contributed by atoms with Gasteiger partial charge in [0.15, 0.2) is 0 Å². The monoisotopic (exact) mass is 209 g/mol. The lowest BCUT2D eigenvalue weighted by molar-refractivity contribution is 0.244. The number of hydrogen-bond acceptors (Lipinski definition) is 3. The Hall–Kier alpha value is -1.29. The number of nitrogens with one attached hydrogen (secondary N) is 1. The Balaban J connectivity index is 2.12. The first-order valence-electron chi connectivity index (χ1n) is 5.30. The molecule has 0 aliphatic heterocycles. The average molecular weight is 209 g/mol. The third-order valence-corrected chi connectivity index (χ3v) is 2.18. The molecule has 0 aliphatic rings. The molecule has 1 aromatic heterocycles. The van der Waals surface area contributed by atoms with Gasteiger partial charge in [0, 0.05) is 19.3 Å². The van der Waals surface area contributed by atoms with Gasteiger partial charge in [0.1, 0.15) is 0 Å². The Morgan fingerprint density at radius 2 is 2.53 bits per heavy atom. The Labute approximate surface area is 91.0 Å². The van der Waals surface area contributed by atoms with Crippen molar-refractivity contribution in [2.45, 2.75) is 26.4 Å². The maximum Gasteiger partial charge on any atom is 0.0948 e. The molecule has 0 radical (unpaired) electrons. The molecule has 0 bridgehead atoms. The van der Waals surface area contributed by atoms with Crippen LogP contribution in [0.2, 0.25) is 0 Å². The van der Waals surface area contributed by atoms with Crippen LogP contribution in [0.3, 0.4) is 0 Å². The molecule has 1 heterocycles. The molecular formula is C11H19N3O. The van der Waals surface area contributed by atoms with Crippen molar-refractivity contribution < 1.29 is 4.74 Å². The lowest BCUT2D eigenvalue weighted by Gasteiger charge is -2.06. The largest absolute Gasteiger partial charge is 0.502 e. The average Bonchev–Trinajstić information content (AvgIpc) is 2.70. The minimum absolute atomic E-state index is 0.726. The molecule has 4 heteroatoms. The molecule has 1 rings (SSSR count). The number of imidazole rings is 1. The molecule has 0 fully saturated rings. The van der Waals surface area contributed by atoms with Crippen LogP contribution >= 0.6 is 0 Å². The van der Waals surface area contributed by atoms with Crippen LogP contribution in [0.4, 0.5) is 0 Å². The van der Waals surface area contributed by atoms with Crippen molar-refractivity contribution in [3.8, 4) is 0 Å². The second kappa shape index (κ2) is 7.06. The van der Waals surface area contributed by atoms with E-state index in [0.29, 0.717) is 0 Å². The van der Waals surface area contributed by atoms with Gasteiger partial charge in [-0.3, -0.25) is 0 Å². The minimum Gasteiger partial charge on any atom is -0.502 e. The van der Waals surface area contributed by atoms with E-state index in [4.69, 9.17) is 4.74 Å². The smallest absolute Gasteiger partial charge is 0.0948 e. The summed E-state index contributed by atoms with van der Waals surface area (Å²) in [5.74, 6) is 0. The summed E-state index contributed by atoms with van der Waals surface area (Å²) in [6.07, 6.45) is 6.23. The van der Waals surface area contributed by atoms with Crippen LogP contribution in [0, 0.1) is 0 Å². The molecule has 0 saturated carbocycles. The molecule has 1 aromatic rings. The maximum atomic E-state index is 5.02. The summed E-state index contributed by atoms with van der Waals surface area (Å²) in [6.45, 7) is 9.11. The number of nitrogens with zero attached hydrogens (tertiary/aromatic N) is 2. The van der Waals surface area contributed by atoms with E-state index in [9.17, 15) is 0 Å². The summed E-state index contributed by atoms with van der Waals surface area (Å²) in [5, 5.41) is 3.35. The number of rotatable bonds is 8. The highest BCUT2D eigenvalue weighted by Crippen LogP contribution is 1.98. The molecule has 0 saturated heterocycles. The second-order valence-electron chi connectivity index (χ2n) is 3.24. The van der Waals surface area contributed by atoms with Gasteiger partial charge in [-0.2, -0.15) is 0 Å². The van der Waals surface area contributed by atoms with Crippen molar-refractivity contribution in [2.24, 2.45) is 0 Å². The van der Waals surface area contributed by atoms with Crippen LogP contribution in [-0.4, -0.2) is 22.7 Å². The van der Waals surface area contributed by atoms with Gasteiger partial charge in [0.05, 0.1) is 24.9 Å². The van der Waals surface area contributed by atoms with E-state index in [-0.39, 0.29) is 0 Å². The number of ether oxygens (including phenoxy) is 1. The summed E-state index contributed by atoms with van der Waals surface area (Å²) < 4.78 is 7.15. The second-order valence-corrected chi connectivity index (χ2v) is 3.24. The van der Waals surface area contributed by atoms with Gasteiger partial charge in [-0.15, -0.1) is 0 Å². The summed E-state index contributed by atoms with van der Waals surface area (Å²) in [7, 11) is 0. The van der Waals surface area contributed by atoms with Gasteiger partial charge in [-0.05, 0) is 19.9 Å². The van der Waals surface area contributed by atoms with Crippen LogP contribution in [0.5, 0.6) is 0 Å². The first-order chi connectivity index (χ1) is 7.38. The zero-order chi connectivity index (χ0) is 10.9. The highest BCUT2D eigenvalue weighted by Gasteiger charge is 1.98. The SMILES string of the molecule is C=COCCCNCc1cncn1CC. The van der Waals surface area contributed by atoms with E-state index in [1.165, 1.54) is 12.0 Å². The molecule has 0 spiro atoms. The number of hydrogen-bond donors (Lipinski definition) is 1. The fourth-order valence-corrected chi connectivity index (χ4v) is 1.36. The molecule has 0 amide bonds. The standard InChI is InChI=1S/C11H19N3O/c1-3-14-10-13-9-11(14)8-12-6-5-7-15-4-2/h4,9-10,12H,2-3,5-8H2,1H3. The van der Waals surface area contributed by atoms with Crippen LogP contribution in [0.15, 0.2) is 25.4 Å². The topological polar surface area (TPSA) is 39.1 Å². The molecular weight excluding hydrogens is 190 g/mol. The van der Waals surface area contributed by atoms with Crippen LogP contribution in [0.1, 0.15) is 19.0 Å². The first kappa shape index (κ1) is 11.8. The normalized spacial score (nSPS) is 10.2. The molecule has 0 aliphatic carbocycles. The van der Waals surface area contributed by atoms with E-state index >= 15 is 0 Å². The molecule has 1 N–H and O–H groups in total. The summed E-state index contributed by atoms with van der Waals surface area (Å²) in [5.41, 5.74) is 1.22. The lowest BCUT2D eigenvalue weighted by atomic mass is 10.4. The Morgan fingerprint density at radius 1 is 1.67 bits per heavy atom. The third-order valence-electron chi connectivity index (χ3n) is 2.18. The maximum absolute atomic E-state index is 5.02. The van der Waals surface area contributed by atoms with Gasteiger partial charge >= 0.3 is 0 Å². The summed E-state index contributed by atoms with van der Waals surface area (Å²) in [6, 6.07) is 0. The first-order valence-corrected chi connectivity index (χ1v) is 5.30. The fourth-order valence-electron chi connectivity index (χ4n) is 1.36. The zero-order valence-electron chi connectivity index (χ0n) is 9.28. The van der Waals surface area contributed by atoms with Crippen LogP contribution < -0.4 is 5.32 Å². The van der Waals surface area contributed by atoms with Gasteiger partial charge in [0.25, 0.3) is 0 Å². The van der Waals surface area contributed by atoms with E-state index in [1.807, 2.05) is 12.5 Å². The highest BCUT2D eigenvalue weighted by molar-refractivity contribution is 4.97. The number of aryl methyl sites for hydroxylation is 1. The summed E-state index contributed by atoms with van der Waals surface area (Å²) in [4.78, 5) is 4.11. The highest BCUT2D eigenvalue weighted by atomic mass is 16.5. The Bertz CT molecular complexity index is 283. The van der Waals surface area contributed by atoms with E-state index in [1.54, 1.807) is 0 Å². The van der Waals surface area contributed by atoms with Crippen molar-refractivity contribution in [2.75, 3.05) is 13.2 Å². The fraction of sp³-hybridized carbons (Fsp3) is 0.545. The molecule has 0 atom stereocenters. The predicted molar refractivity (Wildman–Crippen MR) is 60.4 cm³/mol. The quantitative estimate of drug-likeness (QED) is 0.521. The molecule has 84 valence electrons. The third kappa shape index (κ3) is 4.16. The lowest BCUT2D eigenvalue weighted by Crippen LogP contribution is -2.18. The van der Waals surface area contributed by atoms with Crippen molar-refractivity contribution in [3.63, 3.8) is 0 Å². The predicted octanol–water partition coefficient (Wildman–Crippen LogP) is 1.54. The van der Waals surface area contributed by atoms with Gasteiger partial charge in [-0.25, -0.2) is 4.98 Å². The van der Waals surface area contributed by atoms with Crippen molar-refractivity contribution in [1.29, 1.82) is 0 Å². The van der Waals surface area contributed by atoms with E-state index < -0.39 is 0 Å². The van der Waals surface area contributed by atoms with Gasteiger partial charge < -0.3 is 14.6 Å². The number of aromatic nitrogens is 2. The minimum atomic E-state index is 0.726. The van der Waals surface area contributed by atoms with Crippen molar-refractivity contribution in [1.82, 2.24) is 14.9 Å².